The number of carbonyl (C=O) groups excluding carboxylic acids is 1. The first-order chi connectivity index (χ1) is 12.7. The second kappa shape index (κ2) is 6.83. The average molecular weight is 349 g/mol. The Labute approximate surface area is 151 Å². The third-order valence-corrected chi connectivity index (χ3v) is 5.00. The Morgan fingerprint density at radius 3 is 3.00 bits per heavy atom. The Morgan fingerprint density at radius 1 is 1.27 bits per heavy atom. The minimum Gasteiger partial charge on any atom is -0.349 e. The minimum atomic E-state index is -0.342. The predicted octanol–water partition coefficient (Wildman–Crippen LogP) is 4.34. The molecule has 0 bridgehead atoms. The number of hydrogen-bond donors (Lipinski definition) is 1. The van der Waals surface area contributed by atoms with Gasteiger partial charge in [-0.05, 0) is 54.2 Å². The summed E-state index contributed by atoms with van der Waals surface area (Å²) in [6.07, 6.45) is 8.32. The molecule has 3 aromatic rings. The van der Waals surface area contributed by atoms with Gasteiger partial charge in [0.05, 0.1) is 17.8 Å². The van der Waals surface area contributed by atoms with E-state index >= 15 is 0 Å². The van der Waals surface area contributed by atoms with E-state index in [0.29, 0.717) is 6.42 Å². The van der Waals surface area contributed by atoms with Gasteiger partial charge in [0.25, 0.3) is 0 Å². The summed E-state index contributed by atoms with van der Waals surface area (Å²) in [7, 11) is 0. The number of halogens is 1. The van der Waals surface area contributed by atoms with Crippen LogP contribution in [0.15, 0.2) is 42.9 Å². The molecular weight excluding hydrogens is 329 g/mol. The highest BCUT2D eigenvalue weighted by Gasteiger charge is 2.24. The number of hydrogen-bond acceptors (Lipinski definition) is 3. The topological polar surface area (TPSA) is 54.9 Å². The lowest BCUT2D eigenvalue weighted by Gasteiger charge is -2.27. The lowest BCUT2D eigenvalue weighted by Crippen LogP contribution is -2.30. The summed E-state index contributed by atoms with van der Waals surface area (Å²) in [5.41, 5.74) is 5.12. The highest BCUT2D eigenvalue weighted by Crippen LogP contribution is 2.36. The SMILES string of the molecule is CCC(=O)N[C@@H]1CCCc2c(-c3ccc4ncc(F)cc4c3)cncc21. The van der Waals surface area contributed by atoms with Crippen LogP contribution in [0.4, 0.5) is 4.39 Å². The first-order valence-electron chi connectivity index (χ1n) is 8.97. The quantitative estimate of drug-likeness (QED) is 0.765. The Bertz CT molecular complexity index is 986. The van der Waals surface area contributed by atoms with Crippen molar-refractivity contribution in [1.82, 2.24) is 15.3 Å². The molecule has 4 nitrogen and oxygen atoms in total. The average Bonchev–Trinajstić information content (AvgIpc) is 2.67. The molecule has 1 N–H and O–H groups in total. The number of rotatable bonds is 3. The Kier molecular flexibility index (Phi) is 4.37. The van der Waals surface area contributed by atoms with Crippen molar-refractivity contribution in [2.75, 3.05) is 0 Å². The van der Waals surface area contributed by atoms with Gasteiger partial charge in [0, 0.05) is 29.8 Å². The minimum absolute atomic E-state index is 0.0122. The zero-order valence-corrected chi connectivity index (χ0v) is 14.6. The summed E-state index contributed by atoms with van der Waals surface area (Å²) >= 11 is 0. The van der Waals surface area contributed by atoms with Crippen molar-refractivity contribution < 1.29 is 9.18 Å². The van der Waals surface area contributed by atoms with Crippen molar-refractivity contribution in [3.63, 3.8) is 0 Å². The summed E-state index contributed by atoms with van der Waals surface area (Å²) in [6, 6.07) is 7.37. The standard InChI is InChI=1S/C21H20FN3O/c1-2-21(26)25-20-5-3-4-16-17(11-23-12-18(16)20)13-6-7-19-14(8-13)9-15(22)10-24-19/h6-12,20H,2-5H2,1H3,(H,25,26)/t20-/m1/s1. The van der Waals surface area contributed by atoms with Crippen molar-refractivity contribution in [2.24, 2.45) is 0 Å². The Balaban J connectivity index is 1.78. The smallest absolute Gasteiger partial charge is 0.220 e. The van der Waals surface area contributed by atoms with Crippen LogP contribution in [0.3, 0.4) is 0 Å². The summed E-state index contributed by atoms with van der Waals surface area (Å²) < 4.78 is 13.5. The molecule has 4 rings (SSSR count). The van der Waals surface area contributed by atoms with E-state index < -0.39 is 0 Å². The zero-order chi connectivity index (χ0) is 18.1. The summed E-state index contributed by atoms with van der Waals surface area (Å²) in [5.74, 6) is -0.286. The molecule has 1 aliphatic rings. The van der Waals surface area contributed by atoms with Crippen molar-refractivity contribution in [1.29, 1.82) is 0 Å². The van der Waals surface area contributed by atoms with E-state index in [9.17, 15) is 9.18 Å². The lowest BCUT2D eigenvalue weighted by atomic mass is 9.84. The van der Waals surface area contributed by atoms with Crippen molar-refractivity contribution in [3.05, 3.63) is 59.8 Å². The van der Waals surface area contributed by atoms with Crippen LogP contribution in [0.5, 0.6) is 0 Å². The molecule has 26 heavy (non-hydrogen) atoms. The number of benzene rings is 1. The number of amides is 1. The number of nitrogens with one attached hydrogen (secondary N) is 1. The van der Waals surface area contributed by atoms with Crippen LogP contribution in [0, 0.1) is 5.82 Å². The number of carbonyl (C=O) groups is 1. The lowest BCUT2D eigenvalue weighted by molar-refractivity contribution is -0.121. The largest absolute Gasteiger partial charge is 0.349 e. The van der Waals surface area contributed by atoms with Crippen LogP contribution in [0.25, 0.3) is 22.0 Å². The summed E-state index contributed by atoms with van der Waals surface area (Å²) in [4.78, 5) is 20.4. The maximum atomic E-state index is 13.5. The van der Waals surface area contributed by atoms with E-state index in [1.54, 1.807) is 0 Å². The van der Waals surface area contributed by atoms with Gasteiger partial charge in [-0.15, -0.1) is 0 Å². The van der Waals surface area contributed by atoms with Gasteiger partial charge >= 0.3 is 0 Å². The fourth-order valence-electron chi connectivity index (χ4n) is 3.69. The van der Waals surface area contributed by atoms with Crippen LogP contribution in [-0.2, 0) is 11.2 Å². The molecule has 0 unspecified atom stereocenters. The van der Waals surface area contributed by atoms with E-state index in [1.807, 2.05) is 37.5 Å². The van der Waals surface area contributed by atoms with Crippen LogP contribution in [-0.4, -0.2) is 15.9 Å². The molecule has 2 aromatic heterocycles. The fraction of sp³-hybridized carbons (Fsp3) is 0.286. The van der Waals surface area contributed by atoms with Crippen molar-refractivity contribution in [2.45, 2.75) is 38.6 Å². The molecule has 1 amide bonds. The summed E-state index contributed by atoms with van der Waals surface area (Å²) in [5, 5.41) is 3.87. The van der Waals surface area contributed by atoms with Gasteiger partial charge in [-0.1, -0.05) is 13.0 Å². The monoisotopic (exact) mass is 349 g/mol. The molecule has 1 atom stereocenters. The third kappa shape index (κ3) is 3.05. The Hall–Kier alpha value is -2.82. The van der Waals surface area contributed by atoms with E-state index in [4.69, 9.17) is 0 Å². The van der Waals surface area contributed by atoms with E-state index in [0.717, 1.165) is 46.9 Å². The molecule has 2 heterocycles. The zero-order valence-electron chi connectivity index (χ0n) is 14.6. The molecule has 132 valence electrons. The highest BCUT2D eigenvalue weighted by molar-refractivity contribution is 5.85. The normalized spacial score (nSPS) is 16.3. The molecular formula is C21H20FN3O. The summed E-state index contributed by atoms with van der Waals surface area (Å²) in [6.45, 7) is 1.86. The van der Waals surface area contributed by atoms with Crippen LogP contribution in [0.2, 0.25) is 0 Å². The number of pyridine rings is 2. The molecule has 1 aromatic carbocycles. The van der Waals surface area contributed by atoms with Crippen LogP contribution in [0.1, 0.15) is 43.4 Å². The number of aromatic nitrogens is 2. The van der Waals surface area contributed by atoms with Gasteiger partial charge in [-0.2, -0.15) is 0 Å². The van der Waals surface area contributed by atoms with Gasteiger partial charge < -0.3 is 5.32 Å². The molecule has 0 saturated carbocycles. The van der Waals surface area contributed by atoms with Crippen LogP contribution >= 0.6 is 0 Å². The fourth-order valence-corrected chi connectivity index (χ4v) is 3.69. The van der Waals surface area contributed by atoms with E-state index in [-0.39, 0.29) is 17.8 Å². The first-order valence-corrected chi connectivity index (χ1v) is 8.97. The Morgan fingerprint density at radius 2 is 2.15 bits per heavy atom. The molecule has 1 aliphatic carbocycles. The van der Waals surface area contributed by atoms with Gasteiger partial charge in [0.1, 0.15) is 5.82 Å². The molecule has 0 radical (unpaired) electrons. The van der Waals surface area contributed by atoms with Crippen LogP contribution < -0.4 is 5.32 Å². The second-order valence-corrected chi connectivity index (χ2v) is 6.68. The molecule has 0 aliphatic heterocycles. The maximum Gasteiger partial charge on any atom is 0.220 e. The van der Waals surface area contributed by atoms with Gasteiger partial charge in [-0.25, -0.2) is 4.39 Å². The van der Waals surface area contributed by atoms with Gasteiger partial charge in [0.15, 0.2) is 0 Å². The van der Waals surface area contributed by atoms with E-state index in [1.165, 1.54) is 17.8 Å². The van der Waals surface area contributed by atoms with Crippen molar-refractivity contribution in [3.8, 4) is 11.1 Å². The first kappa shape index (κ1) is 16.6. The highest BCUT2D eigenvalue weighted by atomic mass is 19.1. The maximum absolute atomic E-state index is 13.5. The molecule has 0 spiro atoms. The number of fused-ring (bicyclic) bond motifs is 2. The molecule has 0 fully saturated rings. The van der Waals surface area contributed by atoms with Gasteiger partial charge in [-0.3, -0.25) is 14.8 Å². The van der Waals surface area contributed by atoms with Gasteiger partial charge in [0.2, 0.25) is 5.91 Å². The third-order valence-electron chi connectivity index (χ3n) is 5.00. The molecule has 5 heteroatoms. The molecule has 0 saturated heterocycles. The van der Waals surface area contributed by atoms with E-state index in [2.05, 4.69) is 15.3 Å². The second-order valence-electron chi connectivity index (χ2n) is 6.68. The number of nitrogens with zero attached hydrogens (tertiary/aromatic N) is 2. The predicted molar refractivity (Wildman–Crippen MR) is 99.0 cm³/mol. The van der Waals surface area contributed by atoms with Crippen molar-refractivity contribution >= 4 is 16.8 Å².